The van der Waals surface area contributed by atoms with Crippen LogP contribution in [-0.4, -0.2) is 8.96 Å². The first-order valence-electron chi connectivity index (χ1n) is 5.89. The lowest BCUT2D eigenvalue weighted by molar-refractivity contribution is 0.601. The highest BCUT2D eigenvalue weighted by molar-refractivity contribution is 9.10. The molecule has 0 aliphatic rings. The second kappa shape index (κ2) is 6.64. The molecule has 0 radical (unpaired) electrons. The fraction of sp³-hybridized carbons (Fsp3) is 0.429. The molecular weight excluding hydrogens is 310 g/mol. The third kappa shape index (κ3) is 4.67. The molecule has 100 valence electrons. The fourth-order valence-corrected chi connectivity index (χ4v) is 2.53. The summed E-state index contributed by atoms with van der Waals surface area (Å²) < 4.78 is 16.1. The van der Waals surface area contributed by atoms with Crippen LogP contribution in [0.5, 0.6) is 0 Å². The smallest absolute Gasteiger partial charge is 0.0976 e. The summed E-state index contributed by atoms with van der Waals surface area (Å²) in [5.41, 5.74) is 1.12. The summed E-state index contributed by atoms with van der Waals surface area (Å²) in [7, 11) is -1.08. The van der Waals surface area contributed by atoms with Gasteiger partial charge in [-0.05, 0) is 44.9 Å². The zero-order valence-electron chi connectivity index (χ0n) is 11.1. The summed E-state index contributed by atoms with van der Waals surface area (Å²) in [6, 6.07) is 8.09. The van der Waals surface area contributed by atoms with Crippen molar-refractivity contribution in [2.45, 2.75) is 38.0 Å². The second-order valence-corrected chi connectivity index (χ2v) is 8.04. The van der Waals surface area contributed by atoms with Crippen LogP contribution in [0.25, 0.3) is 0 Å². The second-order valence-electron chi connectivity index (χ2n) is 5.13. The van der Waals surface area contributed by atoms with Gasteiger partial charge >= 0.3 is 0 Å². The first-order valence-corrected chi connectivity index (χ1v) is 7.83. The molecule has 0 aliphatic carbocycles. The minimum Gasteiger partial charge on any atom is -0.242 e. The van der Waals surface area contributed by atoms with Crippen molar-refractivity contribution in [3.05, 3.63) is 47.0 Å². The summed E-state index contributed by atoms with van der Waals surface area (Å²) in [6.07, 6.45) is 2.60. The predicted molar refractivity (Wildman–Crippen MR) is 82.7 cm³/mol. The van der Waals surface area contributed by atoms with Gasteiger partial charge in [0.25, 0.3) is 0 Å². The maximum absolute atomic E-state index is 12.1. The van der Waals surface area contributed by atoms with E-state index in [4.69, 9.17) is 0 Å². The molecule has 0 spiro atoms. The minimum absolute atomic E-state index is 0.0376. The Bertz CT molecular complexity index is 422. The van der Waals surface area contributed by atoms with Gasteiger partial charge in [0.1, 0.15) is 0 Å². The van der Waals surface area contributed by atoms with E-state index in [1.807, 2.05) is 51.1 Å². The van der Waals surface area contributed by atoms with E-state index in [0.29, 0.717) is 0 Å². The van der Waals surface area contributed by atoms with Gasteiger partial charge in [-0.15, -0.1) is 6.58 Å². The first-order chi connectivity index (χ1) is 8.34. The Hall–Kier alpha value is -0.450. The summed E-state index contributed by atoms with van der Waals surface area (Å²) in [4.78, 5) is 0. The Morgan fingerprint density at radius 1 is 1.39 bits per heavy atom. The largest absolute Gasteiger partial charge is 0.242 e. The molecular formula is C14H20BrNOS. The van der Waals surface area contributed by atoms with E-state index < -0.39 is 11.0 Å². The van der Waals surface area contributed by atoms with Gasteiger partial charge in [0.2, 0.25) is 0 Å². The van der Waals surface area contributed by atoms with Crippen molar-refractivity contribution >= 4 is 26.9 Å². The number of halogens is 1. The molecule has 1 aromatic rings. The third-order valence-electron chi connectivity index (χ3n) is 2.48. The fourth-order valence-electron chi connectivity index (χ4n) is 1.42. The number of hydrogen-bond donors (Lipinski definition) is 1. The Balaban J connectivity index is 2.86. The van der Waals surface area contributed by atoms with Gasteiger partial charge in [-0.1, -0.05) is 34.1 Å². The Kier molecular flexibility index (Phi) is 5.76. The Morgan fingerprint density at radius 3 is 2.39 bits per heavy atom. The van der Waals surface area contributed by atoms with E-state index in [9.17, 15) is 4.21 Å². The van der Waals surface area contributed by atoms with Gasteiger partial charge in [-0.25, -0.2) is 8.93 Å². The summed E-state index contributed by atoms with van der Waals surface area (Å²) in [5.74, 6) is 0. The lowest BCUT2D eigenvalue weighted by Crippen LogP contribution is -2.35. The van der Waals surface area contributed by atoms with Crippen molar-refractivity contribution in [3.8, 4) is 0 Å². The van der Waals surface area contributed by atoms with Gasteiger partial charge in [-0.3, -0.25) is 0 Å². The molecule has 0 unspecified atom stereocenters. The first kappa shape index (κ1) is 15.6. The minimum atomic E-state index is -1.08. The molecule has 1 rings (SSSR count). The molecule has 0 bridgehead atoms. The molecule has 0 saturated carbocycles. The maximum atomic E-state index is 12.1. The zero-order chi connectivity index (χ0) is 13.8. The van der Waals surface area contributed by atoms with Gasteiger partial charge in [-0.2, -0.15) is 0 Å². The molecule has 0 fully saturated rings. The molecule has 0 heterocycles. The number of nitrogens with one attached hydrogen (secondary N) is 1. The maximum Gasteiger partial charge on any atom is 0.0976 e. The Morgan fingerprint density at radius 2 is 1.94 bits per heavy atom. The molecule has 2 atom stereocenters. The molecule has 1 aromatic carbocycles. The predicted octanol–water partition coefficient (Wildman–Crippen LogP) is 4.12. The SMILES string of the molecule is C=CC[C@H](N[S@](=O)C(C)(C)C)c1ccc(Br)cc1. The van der Waals surface area contributed by atoms with Crippen molar-refractivity contribution < 1.29 is 4.21 Å². The molecule has 0 aromatic heterocycles. The molecule has 0 amide bonds. The molecule has 2 nitrogen and oxygen atoms in total. The van der Waals surface area contributed by atoms with Crippen LogP contribution >= 0.6 is 15.9 Å². The van der Waals surface area contributed by atoms with Crippen LogP contribution in [0.4, 0.5) is 0 Å². The van der Waals surface area contributed by atoms with Gasteiger partial charge in [0.15, 0.2) is 0 Å². The van der Waals surface area contributed by atoms with E-state index in [1.165, 1.54) is 0 Å². The highest BCUT2D eigenvalue weighted by atomic mass is 79.9. The van der Waals surface area contributed by atoms with E-state index in [2.05, 4.69) is 27.2 Å². The molecule has 1 N–H and O–H groups in total. The standard InChI is InChI=1S/C14H20BrNOS/c1-5-6-13(16-18(17)14(2,3)4)11-7-9-12(15)10-8-11/h5,7-10,13,16H,1,6H2,2-4H3/t13-,18+/m0/s1. The summed E-state index contributed by atoms with van der Waals surface area (Å²) >= 11 is 3.42. The van der Waals surface area contributed by atoms with Crippen molar-refractivity contribution in [2.75, 3.05) is 0 Å². The molecule has 0 aliphatic heterocycles. The zero-order valence-corrected chi connectivity index (χ0v) is 13.5. The lowest BCUT2D eigenvalue weighted by atomic mass is 10.1. The van der Waals surface area contributed by atoms with E-state index in [1.54, 1.807) is 0 Å². The van der Waals surface area contributed by atoms with Crippen molar-refractivity contribution in [1.29, 1.82) is 0 Å². The lowest BCUT2D eigenvalue weighted by Gasteiger charge is -2.24. The van der Waals surface area contributed by atoms with Crippen LogP contribution in [0.2, 0.25) is 0 Å². The quantitative estimate of drug-likeness (QED) is 0.809. The van der Waals surface area contributed by atoms with E-state index in [0.717, 1.165) is 16.5 Å². The van der Waals surface area contributed by atoms with E-state index >= 15 is 0 Å². The van der Waals surface area contributed by atoms with Crippen LogP contribution in [0.3, 0.4) is 0 Å². The van der Waals surface area contributed by atoms with Crippen LogP contribution in [0, 0.1) is 0 Å². The van der Waals surface area contributed by atoms with Gasteiger partial charge in [0.05, 0.1) is 15.7 Å². The van der Waals surface area contributed by atoms with Crippen molar-refractivity contribution in [2.24, 2.45) is 0 Å². The number of benzene rings is 1. The molecule has 0 saturated heterocycles. The van der Waals surface area contributed by atoms with Crippen LogP contribution < -0.4 is 4.72 Å². The van der Waals surface area contributed by atoms with Gasteiger partial charge in [0, 0.05) is 10.5 Å². The Labute approximate surface area is 121 Å². The average Bonchev–Trinajstić information content (AvgIpc) is 2.28. The van der Waals surface area contributed by atoms with Crippen molar-refractivity contribution in [1.82, 2.24) is 4.72 Å². The van der Waals surface area contributed by atoms with Crippen LogP contribution in [0.1, 0.15) is 38.8 Å². The van der Waals surface area contributed by atoms with Crippen LogP contribution in [0.15, 0.2) is 41.4 Å². The topological polar surface area (TPSA) is 29.1 Å². The summed E-state index contributed by atoms with van der Waals surface area (Å²) in [6.45, 7) is 9.65. The highest BCUT2D eigenvalue weighted by Crippen LogP contribution is 2.22. The third-order valence-corrected chi connectivity index (χ3v) is 4.62. The average molecular weight is 330 g/mol. The van der Waals surface area contributed by atoms with Crippen molar-refractivity contribution in [3.63, 3.8) is 0 Å². The number of rotatable bonds is 5. The monoisotopic (exact) mass is 329 g/mol. The van der Waals surface area contributed by atoms with Gasteiger partial charge < -0.3 is 0 Å². The van der Waals surface area contributed by atoms with E-state index in [-0.39, 0.29) is 10.8 Å². The number of hydrogen-bond acceptors (Lipinski definition) is 1. The normalized spacial score (nSPS) is 15.1. The molecule has 18 heavy (non-hydrogen) atoms. The van der Waals surface area contributed by atoms with Crippen LogP contribution in [-0.2, 0) is 11.0 Å². The highest BCUT2D eigenvalue weighted by Gasteiger charge is 2.22. The summed E-state index contributed by atoms with van der Waals surface area (Å²) in [5, 5.41) is 0. The molecule has 4 heteroatoms.